The molecule has 1 aromatic rings. The Morgan fingerprint density at radius 2 is 1.38 bits per heavy atom. The number of rotatable bonds is 0. The monoisotopic (exact) mass is 104 g/mol. The standard InChI is InChI=1S/C4H6B2N2/c5-3-1-7-4(6)2-8-3/h1-2H,5-6H2. The normalized spacial score (nSPS) is 9.00. The van der Waals surface area contributed by atoms with Gasteiger partial charge in [-0.15, -0.1) is 0 Å². The summed E-state index contributed by atoms with van der Waals surface area (Å²) in [4.78, 5) is 8.03. The van der Waals surface area contributed by atoms with Crippen molar-refractivity contribution in [3.05, 3.63) is 12.4 Å². The van der Waals surface area contributed by atoms with Crippen LogP contribution in [0.4, 0.5) is 0 Å². The van der Waals surface area contributed by atoms with E-state index in [-0.39, 0.29) is 0 Å². The van der Waals surface area contributed by atoms with Crippen molar-refractivity contribution in [1.29, 1.82) is 0 Å². The first-order chi connectivity index (χ1) is 3.79. The molecule has 1 aromatic heterocycles. The second kappa shape index (κ2) is 1.99. The average Bonchev–Trinajstić information content (AvgIpc) is 1.77. The van der Waals surface area contributed by atoms with E-state index in [2.05, 4.69) is 9.97 Å². The van der Waals surface area contributed by atoms with Gasteiger partial charge in [-0.05, 0) is 0 Å². The third kappa shape index (κ3) is 1.09. The van der Waals surface area contributed by atoms with E-state index in [1.807, 2.05) is 15.7 Å². The summed E-state index contributed by atoms with van der Waals surface area (Å²) in [6.45, 7) is 0. The average molecular weight is 104 g/mol. The zero-order valence-electron chi connectivity index (χ0n) is 5.05. The van der Waals surface area contributed by atoms with Gasteiger partial charge < -0.3 is 0 Å². The zero-order valence-corrected chi connectivity index (χ0v) is 5.05. The fraction of sp³-hybridized carbons (Fsp3) is 0. The van der Waals surface area contributed by atoms with E-state index < -0.39 is 0 Å². The first-order valence-electron chi connectivity index (χ1n) is 2.54. The van der Waals surface area contributed by atoms with Crippen molar-refractivity contribution in [2.24, 2.45) is 0 Å². The molecule has 0 N–H and O–H groups in total. The molecule has 2 nitrogen and oxygen atoms in total. The molecule has 0 fully saturated rings. The molecule has 38 valence electrons. The van der Waals surface area contributed by atoms with Gasteiger partial charge in [0.1, 0.15) is 0 Å². The van der Waals surface area contributed by atoms with Crippen LogP contribution >= 0.6 is 0 Å². The van der Waals surface area contributed by atoms with E-state index in [0.717, 1.165) is 11.2 Å². The lowest BCUT2D eigenvalue weighted by Crippen LogP contribution is -2.17. The maximum atomic E-state index is 4.02. The Kier molecular flexibility index (Phi) is 1.33. The van der Waals surface area contributed by atoms with E-state index in [1.165, 1.54) is 0 Å². The maximum absolute atomic E-state index is 4.02. The fourth-order valence-corrected chi connectivity index (χ4v) is 0.457. The SMILES string of the molecule is Bc1cnc(B)cn1. The van der Waals surface area contributed by atoms with Crippen LogP contribution in [0.1, 0.15) is 0 Å². The quantitative estimate of drug-likeness (QED) is 0.327. The Hall–Kier alpha value is -0.790. The first-order valence-corrected chi connectivity index (χ1v) is 2.54. The minimum Gasteiger partial charge on any atom is -0.270 e. The summed E-state index contributed by atoms with van der Waals surface area (Å²) >= 11 is 0. The van der Waals surface area contributed by atoms with Crippen LogP contribution in [0.15, 0.2) is 12.4 Å². The number of hydrogen-bond donors (Lipinski definition) is 0. The highest BCUT2D eigenvalue weighted by Gasteiger charge is 1.82. The molecule has 0 unspecified atom stereocenters. The second-order valence-electron chi connectivity index (χ2n) is 1.80. The Bertz CT molecular complexity index is 151. The van der Waals surface area contributed by atoms with Crippen molar-refractivity contribution in [3.63, 3.8) is 0 Å². The smallest absolute Gasteiger partial charge is 0.166 e. The van der Waals surface area contributed by atoms with Gasteiger partial charge in [-0.25, -0.2) is 0 Å². The summed E-state index contributed by atoms with van der Waals surface area (Å²) < 4.78 is 0. The lowest BCUT2D eigenvalue weighted by Gasteiger charge is -1.89. The van der Waals surface area contributed by atoms with Crippen molar-refractivity contribution in [1.82, 2.24) is 9.97 Å². The van der Waals surface area contributed by atoms with Crippen LogP contribution in [-0.4, -0.2) is 25.7 Å². The predicted octanol–water partition coefficient (Wildman–Crippen LogP) is -3.01. The van der Waals surface area contributed by atoms with Crippen LogP contribution in [0.5, 0.6) is 0 Å². The van der Waals surface area contributed by atoms with Gasteiger partial charge in [-0.3, -0.25) is 9.97 Å². The van der Waals surface area contributed by atoms with Crippen LogP contribution in [0.3, 0.4) is 0 Å². The van der Waals surface area contributed by atoms with Crippen molar-refractivity contribution in [2.45, 2.75) is 0 Å². The van der Waals surface area contributed by atoms with E-state index in [0.29, 0.717) is 0 Å². The van der Waals surface area contributed by atoms with Crippen molar-refractivity contribution in [2.75, 3.05) is 0 Å². The van der Waals surface area contributed by atoms with Crippen molar-refractivity contribution in [3.8, 4) is 0 Å². The molecule has 0 amide bonds. The number of nitrogens with zero attached hydrogens (tertiary/aromatic N) is 2. The van der Waals surface area contributed by atoms with Crippen molar-refractivity contribution < 1.29 is 0 Å². The first kappa shape index (κ1) is 5.35. The molecule has 0 aromatic carbocycles. The van der Waals surface area contributed by atoms with Crippen LogP contribution in [0.2, 0.25) is 0 Å². The zero-order chi connectivity index (χ0) is 5.98. The molecule has 0 radical (unpaired) electrons. The van der Waals surface area contributed by atoms with E-state index in [4.69, 9.17) is 0 Å². The molecule has 4 heteroatoms. The second-order valence-corrected chi connectivity index (χ2v) is 1.80. The molecule has 0 saturated heterocycles. The summed E-state index contributed by atoms with van der Waals surface area (Å²) in [5.74, 6) is 0. The van der Waals surface area contributed by atoms with E-state index in [1.54, 1.807) is 12.4 Å². The third-order valence-electron chi connectivity index (χ3n) is 0.910. The van der Waals surface area contributed by atoms with Crippen molar-refractivity contribution >= 4 is 26.9 Å². The summed E-state index contributed by atoms with van der Waals surface area (Å²) in [6, 6.07) is 0. The highest BCUT2D eigenvalue weighted by atomic mass is 14.8. The highest BCUT2D eigenvalue weighted by Crippen LogP contribution is 1.59. The Balaban J connectivity index is 3.03. The van der Waals surface area contributed by atoms with Gasteiger partial charge in [0.25, 0.3) is 0 Å². The molecule has 0 spiro atoms. The minimum absolute atomic E-state index is 0.968. The fourth-order valence-electron chi connectivity index (χ4n) is 0.457. The van der Waals surface area contributed by atoms with Crippen LogP contribution in [0.25, 0.3) is 0 Å². The predicted molar refractivity (Wildman–Crippen MR) is 38.4 cm³/mol. The van der Waals surface area contributed by atoms with Gasteiger partial charge in [0, 0.05) is 23.6 Å². The molecule has 0 bridgehead atoms. The third-order valence-corrected chi connectivity index (χ3v) is 0.910. The number of hydrogen-bond acceptors (Lipinski definition) is 2. The lowest BCUT2D eigenvalue weighted by atomic mass is 10.0. The molecular weight excluding hydrogens is 97.7 g/mol. The van der Waals surface area contributed by atoms with Crippen LogP contribution in [0, 0.1) is 0 Å². The lowest BCUT2D eigenvalue weighted by molar-refractivity contribution is 1.29. The largest absolute Gasteiger partial charge is 0.270 e. The van der Waals surface area contributed by atoms with Crippen LogP contribution in [-0.2, 0) is 0 Å². The maximum Gasteiger partial charge on any atom is 0.166 e. The summed E-state index contributed by atoms with van der Waals surface area (Å²) in [5, 5.41) is 0. The number of aromatic nitrogens is 2. The van der Waals surface area contributed by atoms with Gasteiger partial charge in [0.05, 0.1) is 0 Å². The van der Waals surface area contributed by atoms with Crippen LogP contribution < -0.4 is 11.2 Å². The van der Waals surface area contributed by atoms with Gasteiger partial charge in [-0.2, -0.15) is 0 Å². The molecule has 8 heavy (non-hydrogen) atoms. The van der Waals surface area contributed by atoms with Gasteiger partial charge in [0.2, 0.25) is 0 Å². The molecule has 0 aliphatic carbocycles. The van der Waals surface area contributed by atoms with E-state index >= 15 is 0 Å². The molecule has 0 aliphatic rings. The molecule has 1 heterocycles. The summed E-state index contributed by atoms with van der Waals surface area (Å²) in [7, 11) is 3.85. The van der Waals surface area contributed by atoms with Gasteiger partial charge in [0.15, 0.2) is 15.7 Å². The minimum atomic E-state index is 0.968. The molecule has 0 saturated carbocycles. The van der Waals surface area contributed by atoms with Gasteiger partial charge >= 0.3 is 0 Å². The van der Waals surface area contributed by atoms with Gasteiger partial charge in [-0.1, -0.05) is 0 Å². The molecular formula is C4H6B2N2. The molecule has 0 aliphatic heterocycles. The Labute approximate surface area is 50.2 Å². The summed E-state index contributed by atoms with van der Waals surface area (Å²) in [5.41, 5.74) is 1.94. The Morgan fingerprint density at radius 1 is 1.00 bits per heavy atom. The summed E-state index contributed by atoms with van der Waals surface area (Å²) in [6.07, 6.45) is 3.52. The Morgan fingerprint density at radius 3 is 1.62 bits per heavy atom. The molecule has 1 rings (SSSR count). The van der Waals surface area contributed by atoms with E-state index in [9.17, 15) is 0 Å². The molecule has 0 atom stereocenters. The topological polar surface area (TPSA) is 25.8 Å². The highest BCUT2D eigenvalue weighted by molar-refractivity contribution is 6.32.